The molecule has 0 radical (unpaired) electrons. The molecule has 6 heteroatoms. The maximum atomic E-state index is 12.3. The molecule has 0 aliphatic heterocycles. The molecule has 0 bridgehead atoms. The van der Waals surface area contributed by atoms with Gasteiger partial charge >= 0.3 is 5.69 Å². The topological polar surface area (TPSA) is 68.9 Å². The highest BCUT2D eigenvalue weighted by atomic mass is 16.2. The second-order valence-electron chi connectivity index (χ2n) is 7.25. The van der Waals surface area contributed by atoms with Crippen molar-refractivity contribution in [2.45, 2.75) is 63.8 Å². The number of allylic oxidation sites excluding steroid dienone is 1. The highest BCUT2D eigenvalue weighted by Gasteiger charge is 2.28. The lowest BCUT2D eigenvalue weighted by Crippen LogP contribution is -2.42. The Bertz CT molecular complexity index is 678. The van der Waals surface area contributed by atoms with E-state index in [0.29, 0.717) is 5.92 Å². The van der Waals surface area contributed by atoms with Crippen molar-refractivity contribution in [3.05, 3.63) is 28.0 Å². The summed E-state index contributed by atoms with van der Waals surface area (Å²) in [6, 6.07) is 0.182. The molecule has 1 N–H and O–H groups in total. The zero-order valence-electron chi connectivity index (χ0n) is 14.8. The van der Waals surface area contributed by atoms with E-state index >= 15 is 0 Å². The summed E-state index contributed by atoms with van der Waals surface area (Å²) in [5, 5.41) is 7.56. The second-order valence-corrected chi connectivity index (χ2v) is 7.25. The summed E-state index contributed by atoms with van der Waals surface area (Å²) in [6.07, 6.45) is 11.5. The van der Waals surface area contributed by atoms with Crippen molar-refractivity contribution >= 4 is 5.91 Å². The van der Waals surface area contributed by atoms with E-state index in [1.54, 1.807) is 18.7 Å². The Morgan fingerprint density at radius 2 is 1.92 bits per heavy atom. The Hall–Kier alpha value is -1.85. The van der Waals surface area contributed by atoms with Crippen LogP contribution in [0.5, 0.6) is 0 Å². The van der Waals surface area contributed by atoms with E-state index in [4.69, 9.17) is 0 Å². The number of amides is 1. The molecule has 1 heterocycles. The van der Waals surface area contributed by atoms with Crippen LogP contribution in [0.1, 0.15) is 57.2 Å². The van der Waals surface area contributed by atoms with Crippen molar-refractivity contribution in [3.8, 4) is 0 Å². The average molecular weight is 332 g/mol. The van der Waals surface area contributed by atoms with Crippen LogP contribution in [0, 0.1) is 5.92 Å². The molecule has 6 nitrogen and oxygen atoms in total. The number of rotatable bonds is 4. The lowest BCUT2D eigenvalue weighted by atomic mass is 9.82. The van der Waals surface area contributed by atoms with E-state index in [2.05, 4.69) is 10.4 Å². The van der Waals surface area contributed by atoms with Crippen LogP contribution in [0.4, 0.5) is 0 Å². The van der Waals surface area contributed by atoms with Crippen LogP contribution in [0.2, 0.25) is 0 Å². The van der Waals surface area contributed by atoms with Gasteiger partial charge in [0.2, 0.25) is 5.91 Å². The molecule has 24 heavy (non-hydrogen) atoms. The number of carbonyl (C=O) groups excluding carboxylic acids is 1. The van der Waals surface area contributed by atoms with Gasteiger partial charge in [0.1, 0.15) is 5.82 Å². The van der Waals surface area contributed by atoms with Gasteiger partial charge in [0.25, 0.3) is 0 Å². The normalized spacial score (nSPS) is 24.2. The van der Waals surface area contributed by atoms with Crippen LogP contribution in [0.25, 0.3) is 0 Å². The molecule has 1 aromatic heterocycles. The fourth-order valence-electron chi connectivity index (χ4n) is 4.05. The van der Waals surface area contributed by atoms with Gasteiger partial charge < -0.3 is 5.32 Å². The SMILES string of the molecule is Cn1nc(C[C@H]2CCCC[C@H]2NC(=O)C=C2CCCC2)n(C)c1=O. The first-order chi connectivity index (χ1) is 11.5. The molecule has 0 unspecified atom stereocenters. The first-order valence-electron chi connectivity index (χ1n) is 9.13. The molecular formula is C18H28N4O2. The van der Waals surface area contributed by atoms with Gasteiger partial charge in [0.15, 0.2) is 0 Å². The summed E-state index contributed by atoms with van der Waals surface area (Å²) in [6.45, 7) is 0. The van der Waals surface area contributed by atoms with Crippen LogP contribution >= 0.6 is 0 Å². The van der Waals surface area contributed by atoms with E-state index in [-0.39, 0.29) is 17.6 Å². The van der Waals surface area contributed by atoms with Crippen molar-refractivity contribution in [2.24, 2.45) is 20.0 Å². The maximum Gasteiger partial charge on any atom is 0.345 e. The fraction of sp³-hybridized carbons (Fsp3) is 0.722. The first kappa shape index (κ1) is 17.0. The van der Waals surface area contributed by atoms with Crippen molar-refractivity contribution in [1.82, 2.24) is 19.7 Å². The van der Waals surface area contributed by atoms with Gasteiger partial charge in [0.05, 0.1) is 0 Å². The van der Waals surface area contributed by atoms with Crippen molar-refractivity contribution in [3.63, 3.8) is 0 Å². The van der Waals surface area contributed by atoms with Crippen molar-refractivity contribution in [2.75, 3.05) is 0 Å². The predicted octanol–water partition coefficient (Wildman–Crippen LogP) is 1.84. The molecular weight excluding hydrogens is 304 g/mol. The monoisotopic (exact) mass is 332 g/mol. The number of hydrogen-bond donors (Lipinski definition) is 1. The van der Waals surface area contributed by atoms with Gasteiger partial charge in [-0.25, -0.2) is 9.48 Å². The summed E-state index contributed by atoms with van der Waals surface area (Å²) in [5.74, 6) is 1.21. The third kappa shape index (κ3) is 3.79. The Labute approximate surface area is 142 Å². The number of nitrogens with zero attached hydrogens (tertiary/aromatic N) is 3. The van der Waals surface area contributed by atoms with Crippen LogP contribution in [0.15, 0.2) is 16.4 Å². The number of aryl methyl sites for hydroxylation is 1. The molecule has 0 aromatic carbocycles. The molecule has 1 amide bonds. The molecule has 2 fully saturated rings. The standard InChI is InChI=1S/C18H28N4O2/c1-21-16(20-22(2)18(21)24)12-14-9-5-6-10-15(14)19-17(23)11-13-7-3-4-8-13/h11,14-15H,3-10,12H2,1-2H3,(H,19,23)/t14-,15-/m1/s1. The molecule has 3 rings (SSSR count). The molecule has 0 saturated heterocycles. The smallest absolute Gasteiger partial charge is 0.345 e. The fourth-order valence-corrected chi connectivity index (χ4v) is 4.05. The van der Waals surface area contributed by atoms with Crippen molar-refractivity contribution in [1.29, 1.82) is 0 Å². The van der Waals surface area contributed by atoms with Gasteiger partial charge in [-0.2, -0.15) is 5.10 Å². The summed E-state index contributed by atoms with van der Waals surface area (Å²) >= 11 is 0. The average Bonchev–Trinajstić information content (AvgIpc) is 3.14. The highest BCUT2D eigenvalue weighted by Crippen LogP contribution is 2.27. The van der Waals surface area contributed by atoms with Gasteiger partial charge in [-0.1, -0.05) is 18.4 Å². The number of hydrogen-bond acceptors (Lipinski definition) is 3. The predicted molar refractivity (Wildman–Crippen MR) is 92.6 cm³/mol. The lowest BCUT2D eigenvalue weighted by molar-refractivity contribution is -0.117. The largest absolute Gasteiger partial charge is 0.350 e. The Morgan fingerprint density at radius 1 is 1.21 bits per heavy atom. The minimum Gasteiger partial charge on any atom is -0.350 e. The minimum atomic E-state index is -0.0904. The van der Waals surface area contributed by atoms with E-state index in [9.17, 15) is 9.59 Å². The highest BCUT2D eigenvalue weighted by molar-refractivity contribution is 5.88. The Morgan fingerprint density at radius 3 is 2.58 bits per heavy atom. The summed E-state index contributed by atoms with van der Waals surface area (Å²) in [4.78, 5) is 24.2. The van der Waals surface area contributed by atoms with E-state index in [1.165, 1.54) is 29.5 Å². The third-order valence-corrected chi connectivity index (χ3v) is 5.48. The van der Waals surface area contributed by atoms with Crippen LogP contribution in [0.3, 0.4) is 0 Å². The van der Waals surface area contributed by atoms with E-state index in [0.717, 1.165) is 44.3 Å². The molecule has 132 valence electrons. The van der Waals surface area contributed by atoms with Crippen LogP contribution < -0.4 is 11.0 Å². The van der Waals surface area contributed by atoms with E-state index < -0.39 is 0 Å². The summed E-state index contributed by atoms with van der Waals surface area (Å²) in [5.41, 5.74) is 1.19. The maximum absolute atomic E-state index is 12.3. The number of aromatic nitrogens is 3. The van der Waals surface area contributed by atoms with Crippen LogP contribution in [-0.2, 0) is 25.3 Å². The molecule has 2 aliphatic rings. The Kier molecular flexibility index (Phi) is 5.21. The van der Waals surface area contributed by atoms with Gasteiger partial charge in [-0.05, 0) is 44.4 Å². The second kappa shape index (κ2) is 7.36. The van der Waals surface area contributed by atoms with Gasteiger partial charge in [0, 0.05) is 32.6 Å². The van der Waals surface area contributed by atoms with Gasteiger partial charge in [-0.3, -0.25) is 9.36 Å². The molecule has 2 aliphatic carbocycles. The number of carbonyl (C=O) groups is 1. The summed E-state index contributed by atoms with van der Waals surface area (Å²) < 4.78 is 3.00. The molecule has 2 saturated carbocycles. The van der Waals surface area contributed by atoms with Crippen LogP contribution in [-0.4, -0.2) is 26.3 Å². The van der Waals surface area contributed by atoms with Gasteiger partial charge in [-0.15, -0.1) is 0 Å². The van der Waals surface area contributed by atoms with E-state index in [1.807, 2.05) is 6.08 Å². The Balaban J connectivity index is 1.66. The summed E-state index contributed by atoms with van der Waals surface area (Å²) in [7, 11) is 3.45. The molecule has 0 spiro atoms. The first-order valence-corrected chi connectivity index (χ1v) is 9.13. The zero-order chi connectivity index (χ0) is 17.1. The molecule has 1 aromatic rings. The van der Waals surface area contributed by atoms with Crippen molar-refractivity contribution < 1.29 is 4.79 Å². The zero-order valence-corrected chi connectivity index (χ0v) is 14.8. The third-order valence-electron chi connectivity index (χ3n) is 5.48. The molecule has 2 atom stereocenters. The lowest BCUT2D eigenvalue weighted by Gasteiger charge is -2.31. The number of nitrogens with one attached hydrogen (secondary N) is 1. The minimum absolute atomic E-state index is 0.0544. The quantitative estimate of drug-likeness (QED) is 0.855.